The number of halogens is 4. The summed E-state index contributed by atoms with van der Waals surface area (Å²) in [5.74, 6) is 0. The maximum Gasteiger partial charge on any atom is 0.0496 e. The Morgan fingerprint density at radius 1 is 1.00 bits per heavy atom. The number of benzene rings is 2. The second kappa shape index (κ2) is 6.49. The molecule has 1 unspecified atom stereocenters. The lowest BCUT2D eigenvalue weighted by Gasteiger charge is -2.18. The highest BCUT2D eigenvalue weighted by molar-refractivity contribution is 9.11. The van der Waals surface area contributed by atoms with Crippen molar-refractivity contribution in [2.24, 2.45) is 0 Å². The fraction of sp³-hybridized carbons (Fsp3) is 0.143. The minimum absolute atomic E-state index is 0.136. The van der Waals surface area contributed by atoms with Crippen molar-refractivity contribution in [3.63, 3.8) is 0 Å². The van der Waals surface area contributed by atoms with Crippen molar-refractivity contribution in [3.8, 4) is 0 Å². The molecule has 0 spiro atoms. The molecule has 0 fully saturated rings. The Bertz CT molecular complexity index is 582. The molecule has 0 aliphatic rings. The molecule has 1 N–H and O–H groups in total. The van der Waals surface area contributed by atoms with Crippen LogP contribution in [0.3, 0.4) is 0 Å². The number of hydrogen-bond donors (Lipinski definition) is 1. The van der Waals surface area contributed by atoms with Crippen LogP contribution in [0.15, 0.2) is 45.3 Å². The van der Waals surface area contributed by atoms with Gasteiger partial charge in [0.2, 0.25) is 0 Å². The summed E-state index contributed by atoms with van der Waals surface area (Å²) >= 11 is 19.0. The standard InChI is InChI=1S/C14H11Br2Cl2N/c1-8(13-3-2-9(15)4-14(13)16)19-12-6-10(17)5-11(18)7-12/h2-8,19H,1H3. The molecule has 19 heavy (non-hydrogen) atoms. The van der Waals surface area contributed by atoms with Gasteiger partial charge in [-0.2, -0.15) is 0 Å². The van der Waals surface area contributed by atoms with Gasteiger partial charge in [0, 0.05) is 30.7 Å². The largest absolute Gasteiger partial charge is 0.378 e. The molecular formula is C14H11Br2Cl2N. The van der Waals surface area contributed by atoms with E-state index in [1.807, 2.05) is 24.3 Å². The highest BCUT2D eigenvalue weighted by Gasteiger charge is 2.10. The fourth-order valence-electron chi connectivity index (χ4n) is 1.82. The zero-order valence-corrected chi connectivity index (χ0v) is 14.7. The first-order valence-corrected chi connectivity index (χ1v) is 7.97. The lowest BCUT2D eigenvalue weighted by atomic mass is 10.1. The Morgan fingerprint density at radius 2 is 1.63 bits per heavy atom. The summed E-state index contributed by atoms with van der Waals surface area (Å²) in [6.45, 7) is 2.09. The molecule has 0 heterocycles. The SMILES string of the molecule is CC(Nc1cc(Cl)cc(Cl)c1)c1ccc(Br)cc1Br. The third kappa shape index (κ3) is 4.12. The minimum Gasteiger partial charge on any atom is -0.378 e. The zero-order chi connectivity index (χ0) is 14.0. The van der Waals surface area contributed by atoms with E-state index in [9.17, 15) is 0 Å². The number of hydrogen-bond acceptors (Lipinski definition) is 1. The van der Waals surface area contributed by atoms with E-state index in [4.69, 9.17) is 23.2 Å². The average Bonchev–Trinajstić information content (AvgIpc) is 2.26. The van der Waals surface area contributed by atoms with Crippen LogP contribution in [-0.2, 0) is 0 Å². The normalized spacial score (nSPS) is 12.3. The molecule has 5 heteroatoms. The molecule has 0 saturated heterocycles. The van der Waals surface area contributed by atoms with Crippen molar-refractivity contribution in [2.75, 3.05) is 5.32 Å². The van der Waals surface area contributed by atoms with Crippen LogP contribution in [-0.4, -0.2) is 0 Å². The number of nitrogens with one attached hydrogen (secondary N) is 1. The highest BCUT2D eigenvalue weighted by Crippen LogP contribution is 2.30. The molecule has 2 aromatic carbocycles. The predicted octanol–water partition coefficient (Wildman–Crippen LogP) is 6.69. The van der Waals surface area contributed by atoms with Gasteiger partial charge in [-0.15, -0.1) is 0 Å². The van der Waals surface area contributed by atoms with Gasteiger partial charge in [-0.1, -0.05) is 61.1 Å². The Kier molecular flexibility index (Phi) is 5.18. The topological polar surface area (TPSA) is 12.0 Å². The number of anilines is 1. The average molecular weight is 424 g/mol. The van der Waals surface area contributed by atoms with E-state index in [0.717, 1.165) is 14.6 Å². The lowest BCUT2D eigenvalue weighted by molar-refractivity contribution is 0.878. The molecule has 0 saturated carbocycles. The Labute approximate surface area is 139 Å². The molecule has 1 nitrogen and oxygen atoms in total. The highest BCUT2D eigenvalue weighted by atomic mass is 79.9. The van der Waals surface area contributed by atoms with Crippen molar-refractivity contribution in [3.05, 3.63) is 61.0 Å². The van der Waals surface area contributed by atoms with Crippen molar-refractivity contribution < 1.29 is 0 Å². The fourth-order valence-corrected chi connectivity index (χ4v) is 3.73. The monoisotopic (exact) mass is 421 g/mol. The van der Waals surface area contributed by atoms with Crippen molar-refractivity contribution in [1.29, 1.82) is 0 Å². The Hall–Kier alpha value is -0.220. The van der Waals surface area contributed by atoms with E-state index >= 15 is 0 Å². The Balaban J connectivity index is 2.22. The van der Waals surface area contributed by atoms with Crippen LogP contribution < -0.4 is 5.32 Å². The third-order valence-corrected chi connectivity index (χ3v) is 4.29. The summed E-state index contributed by atoms with van der Waals surface area (Å²) in [6.07, 6.45) is 0. The summed E-state index contributed by atoms with van der Waals surface area (Å²) in [6, 6.07) is 11.7. The van der Waals surface area contributed by atoms with Gasteiger partial charge in [0.1, 0.15) is 0 Å². The van der Waals surface area contributed by atoms with Crippen LogP contribution in [0, 0.1) is 0 Å². The van der Waals surface area contributed by atoms with Crippen LogP contribution in [0.2, 0.25) is 10.0 Å². The molecule has 1 atom stereocenters. The van der Waals surface area contributed by atoms with Crippen LogP contribution in [0.1, 0.15) is 18.5 Å². The van der Waals surface area contributed by atoms with Crippen molar-refractivity contribution in [2.45, 2.75) is 13.0 Å². The van der Waals surface area contributed by atoms with E-state index in [1.165, 1.54) is 5.56 Å². The summed E-state index contributed by atoms with van der Waals surface area (Å²) in [5, 5.41) is 4.63. The van der Waals surface area contributed by atoms with Crippen LogP contribution in [0.25, 0.3) is 0 Å². The summed E-state index contributed by atoms with van der Waals surface area (Å²) < 4.78 is 2.09. The van der Waals surface area contributed by atoms with Crippen LogP contribution in [0.5, 0.6) is 0 Å². The van der Waals surface area contributed by atoms with E-state index in [2.05, 4.69) is 50.2 Å². The van der Waals surface area contributed by atoms with Crippen LogP contribution >= 0.6 is 55.1 Å². The smallest absolute Gasteiger partial charge is 0.0496 e. The second-order valence-electron chi connectivity index (χ2n) is 4.19. The first-order chi connectivity index (χ1) is 8.95. The molecule has 0 radical (unpaired) electrons. The maximum atomic E-state index is 5.99. The van der Waals surface area contributed by atoms with Gasteiger partial charge < -0.3 is 5.32 Å². The van der Waals surface area contributed by atoms with Crippen molar-refractivity contribution >= 4 is 60.7 Å². The van der Waals surface area contributed by atoms with Gasteiger partial charge in [-0.3, -0.25) is 0 Å². The lowest BCUT2D eigenvalue weighted by Crippen LogP contribution is -2.07. The predicted molar refractivity (Wildman–Crippen MR) is 90.3 cm³/mol. The van der Waals surface area contributed by atoms with Gasteiger partial charge in [0.15, 0.2) is 0 Å². The number of rotatable bonds is 3. The van der Waals surface area contributed by atoms with E-state index in [-0.39, 0.29) is 6.04 Å². The van der Waals surface area contributed by atoms with E-state index in [1.54, 1.807) is 6.07 Å². The molecule has 2 aromatic rings. The second-order valence-corrected chi connectivity index (χ2v) is 6.83. The quantitative estimate of drug-likeness (QED) is 0.579. The molecule has 0 amide bonds. The zero-order valence-electron chi connectivity index (χ0n) is 10.1. The van der Waals surface area contributed by atoms with Gasteiger partial charge >= 0.3 is 0 Å². The molecule has 0 aromatic heterocycles. The van der Waals surface area contributed by atoms with E-state index in [0.29, 0.717) is 10.0 Å². The van der Waals surface area contributed by atoms with Gasteiger partial charge in [-0.25, -0.2) is 0 Å². The van der Waals surface area contributed by atoms with Gasteiger partial charge in [0.25, 0.3) is 0 Å². The molecule has 0 aliphatic heterocycles. The summed E-state index contributed by atoms with van der Waals surface area (Å²) in [7, 11) is 0. The summed E-state index contributed by atoms with van der Waals surface area (Å²) in [4.78, 5) is 0. The van der Waals surface area contributed by atoms with E-state index < -0.39 is 0 Å². The third-order valence-electron chi connectivity index (χ3n) is 2.67. The Morgan fingerprint density at radius 3 is 2.21 bits per heavy atom. The minimum atomic E-state index is 0.136. The van der Waals surface area contributed by atoms with Gasteiger partial charge in [0.05, 0.1) is 0 Å². The first kappa shape index (κ1) is 15.2. The van der Waals surface area contributed by atoms with Crippen molar-refractivity contribution in [1.82, 2.24) is 0 Å². The first-order valence-electron chi connectivity index (χ1n) is 5.63. The summed E-state index contributed by atoms with van der Waals surface area (Å²) in [5.41, 5.74) is 2.07. The molecule has 2 rings (SSSR count). The molecular weight excluding hydrogens is 413 g/mol. The van der Waals surface area contributed by atoms with Crippen LogP contribution in [0.4, 0.5) is 5.69 Å². The molecule has 0 bridgehead atoms. The van der Waals surface area contributed by atoms with Gasteiger partial charge in [-0.05, 0) is 42.8 Å². The molecule has 100 valence electrons. The maximum absolute atomic E-state index is 5.99. The molecule has 0 aliphatic carbocycles.